The minimum atomic E-state index is -0.258. The first-order valence-electron chi connectivity index (χ1n) is 9.27. The highest BCUT2D eigenvalue weighted by molar-refractivity contribution is 5.98. The Morgan fingerprint density at radius 2 is 1.92 bits per heavy atom. The Bertz CT molecular complexity index is 762. The van der Waals surface area contributed by atoms with Gasteiger partial charge in [0.25, 0.3) is 0 Å². The standard InChI is InChI=1S/C21H28N2O2/c1-5-25-21(24)20-16(4)17-8-6-7-9-18(17)22-19(20)13-23-11-14(2)10-15(3)12-23/h6-9,14-15H,5,10-13H2,1-4H3. The van der Waals surface area contributed by atoms with Gasteiger partial charge in [0.05, 0.1) is 23.4 Å². The molecule has 0 spiro atoms. The molecule has 2 unspecified atom stereocenters. The van der Waals surface area contributed by atoms with Crippen LogP contribution in [0, 0.1) is 18.8 Å². The largest absolute Gasteiger partial charge is 0.462 e. The number of piperidine rings is 1. The predicted octanol–water partition coefficient (Wildman–Crippen LogP) is 4.20. The van der Waals surface area contributed by atoms with E-state index in [1.807, 2.05) is 38.1 Å². The molecule has 2 aromatic rings. The number of fused-ring (bicyclic) bond motifs is 1. The Hall–Kier alpha value is -1.94. The van der Waals surface area contributed by atoms with Crippen LogP contribution in [0.4, 0.5) is 0 Å². The van der Waals surface area contributed by atoms with Crippen LogP contribution in [-0.2, 0) is 11.3 Å². The van der Waals surface area contributed by atoms with Crippen molar-refractivity contribution in [1.82, 2.24) is 9.88 Å². The van der Waals surface area contributed by atoms with Crippen molar-refractivity contribution in [3.8, 4) is 0 Å². The zero-order chi connectivity index (χ0) is 18.0. The Kier molecular flexibility index (Phi) is 5.38. The lowest BCUT2D eigenvalue weighted by molar-refractivity contribution is 0.0521. The summed E-state index contributed by atoms with van der Waals surface area (Å²) in [5.41, 5.74) is 3.40. The number of carbonyl (C=O) groups is 1. The van der Waals surface area contributed by atoms with Crippen molar-refractivity contribution in [1.29, 1.82) is 0 Å². The fourth-order valence-electron chi connectivity index (χ4n) is 4.16. The van der Waals surface area contributed by atoms with E-state index in [2.05, 4.69) is 18.7 Å². The zero-order valence-electron chi connectivity index (χ0n) is 15.7. The monoisotopic (exact) mass is 340 g/mol. The van der Waals surface area contributed by atoms with Gasteiger partial charge in [-0.05, 0) is 43.7 Å². The maximum atomic E-state index is 12.6. The minimum absolute atomic E-state index is 0.258. The molecule has 25 heavy (non-hydrogen) atoms. The molecule has 1 saturated heterocycles. The number of benzene rings is 1. The normalized spacial score (nSPS) is 21.4. The van der Waals surface area contributed by atoms with Gasteiger partial charge in [-0.25, -0.2) is 4.79 Å². The number of pyridine rings is 1. The van der Waals surface area contributed by atoms with Crippen molar-refractivity contribution in [3.63, 3.8) is 0 Å². The maximum absolute atomic E-state index is 12.6. The van der Waals surface area contributed by atoms with Gasteiger partial charge in [-0.3, -0.25) is 9.88 Å². The number of aromatic nitrogens is 1. The van der Waals surface area contributed by atoms with Gasteiger partial charge in [0.15, 0.2) is 0 Å². The molecule has 1 aliphatic rings. The van der Waals surface area contributed by atoms with Gasteiger partial charge in [-0.2, -0.15) is 0 Å². The number of aryl methyl sites for hydroxylation is 1. The Labute approximate surface area is 150 Å². The lowest BCUT2D eigenvalue weighted by Gasteiger charge is -2.35. The van der Waals surface area contributed by atoms with Crippen LogP contribution in [0.15, 0.2) is 24.3 Å². The Balaban J connectivity index is 2.02. The molecule has 0 bridgehead atoms. The van der Waals surface area contributed by atoms with Crippen molar-refractivity contribution >= 4 is 16.9 Å². The summed E-state index contributed by atoms with van der Waals surface area (Å²) in [4.78, 5) is 19.9. The summed E-state index contributed by atoms with van der Waals surface area (Å²) >= 11 is 0. The molecule has 1 aromatic carbocycles. The second kappa shape index (κ2) is 7.52. The third kappa shape index (κ3) is 3.84. The van der Waals surface area contributed by atoms with Gasteiger partial charge in [0, 0.05) is 25.0 Å². The molecular weight excluding hydrogens is 312 g/mol. The van der Waals surface area contributed by atoms with Crippen molar-refractivity contribution in [3.05, 3.63) is 41.1 Å². The van der Waals surface area contributed by atoms with Gasteiger partial charge in [-0.1, -0.05) is 32.0 Å². The predicted molar refractivity (Wildman–Crippen MR) is 101 cm³/mol. The molecule has 4 heteroatoms. The topological polar surface area (TPSA) is 42.4 Å². The molecular formula is C21H28N2O2. The summed E-state index contributed by atoms with van der Waals surface area (Å²) in [5.74, 6) is 1.10. The minimum Gasteiger partial charge on any atom is -0.462 e. The molecule has 134 valence electrons. The van der Waals surface area contributed by atoms with Crippen LogP contribution in [0.3, 0.4) is 0 Å². The summed E-state index contributed by atoms with van der Waals surface area (Å²) in [6.07, 6.45) is 1.27. The molecule has 4 nitrogen and oxygen atoms in total. The van der Waals surface area contributed by atoms with Gasteiger partial charge in [0.2, 0.25) is 0 Å². The van der Waals surface area contributed by atoms with E-state index in [9.17, 15) is 4.79 Å². The van der Waals surface area contributed by atoms with E-state index in [1.54, 1.807) is 0 Å². The van der Waals surface area contributed by atoms with Crippen LogP contribution < -0.4 is 0 Å². The molecule has 2 heterocycles. The Morgan fingerprint density at radius 3 is 2.60 bits per heavy atom. The first-order chi connectivity index (χ1) is 12.0. The van der Waals surface area contributed by atoms with E-state index in [0.717, 1.165) is 35.2 Å². The van der Waals surface area contributed by atoms with E-state index < -0.39 is 0 Å². The smallest absolute Gasteiger partial charge is 0.340 e. The maximum Gasteiger partial charge on any atom is 0.340 e. The third-order valence-corrected chi connectivity index (χ3v) is 5.02. The van der Waals surface area contributed by atoms with Crippen LogP contribution in [0.1, 0.15) is 48.8 Å². The van der Waals surface area contributed by atoms with Gasteiger partial charge in [0.1, 0.15) is 0 Å². The van der Waals surface area contributed by atoms with Crippen LogP contribution in [0.25, 0.3) is 10.9 Å². The number of rotatable bonds is 4. The Morgan fingerprint density at radius 1 is 1.24 bits per heavy atom. The molecule has 2 atom stereocenters. The van der Waals surface area contributed by atoms with Crippen molar-refractivity contribution < 1.29 is 9.53 Å². The quantitative estimate of drug-likeness (QED) is 0.783. The summed E-state index contributed by atoms with van der Waals surface area (Å²) in [7, 11) is 0. The number of hydrogen-bond acceptors (Lipinski definition) is 4. The highest BCUT2D eigenvalue weighted by atomic mass is 16.5. The number of likely N-dealkylation sites (tertiary alicyclic amines) is 1. The van der Waals surface area contributed by atoms with Crippen LogP contribution in [0.5, 0.6) is 0 Å². The molecule has 3 rings (SSSR count). The van der Waals surface area contributed by atoms with E-state index in [1.165, 1.54) is 6.42 Å². The summed E-state index contributed by atoms with van der Waals surface area (Å²) < 4.78 is 5.33. The third-order valence-electron chi connectivity index (χ3n) is 5.02. The van der Waals surface area contributed by atoms with E-state index in [-0.39, 0.29) is 5.97 Å². The van der Waals surface area contributed by atoms with Crippen LogP contribution >= 0.6 is 0 Å². The molecule has 1 fully saturated rings. The van der Waals surface area contributed by atoms with Gasteiger partial charge < -0.3 is 4.74 Å². The summed E-state index contributed by atoms with van der Waals surface area (Å²) in [6, 6.07) is 8.02. The second-order valence-corrected chi connectivity index (χ2v) is 7.44. The molecule has 0 saturated carbocycles. The number of para-hydroxylation sites is 1. The highest BCUT2D eigenvalue weighted by Crippen LogP contribution is 2.27. The first-order valence-corrected chi connectivity index (χ1v) is 9.27. The number of ether oxygens (including phenoxy) is 1. The van der Waals surface area contributed by atoms with Crippen molar-refractivity contribution in [2.75, 3.05) is 19.7 Å². The number of hydrogen-bond donors (Lipinski definition) is 0. The molecule has 0 radical (unpaired) electrons. The summed E-state index contributed by atoms with van der Waals surface area (Å²) in [5, 5.41) is 1.02. The van der Waals surface area contributed by atoms with E-state index in [4.69, 9.17) is 9.72 Å². The molecule has 1 aliphatic heterocycles. The van der Waals surface area contributed by atoms with Crippen molar-refractivity contribution in [2.24, 2.45) is 11.8 Å². The lowest BCUT2D eigenvalue weighted by atomic mass is 9.91. The number of esters is 1. The van der Waals surface area contributed by atoms with Gasteiger partial charge in [-0.15, -0.1) is 0 Å². The van der Waals surface area contributed by atoms with E-state index >= 15 is 0 Å². The zero-order valence-corrected chi connectivity index (χ0v) is 15.7. The average Bonchev–Trinajstić information content (AvgIpc) is 2.54. The van der Waals surface area contributed by atoms with Crippen LogP contribution in [-0.4, -0.2) is 35.5 Å². The SMILES string of the molecule is CCOC(=O)c1c(CN2CC(C)CC(C)C2)nc2ccccc2c1C. The van der Waals surface area contributed by atoms with E-state index in [0.29, 0.717) is 30.6 Å². The molecule has 0 N–H and O–H groups in total. The molecule has 0 aliphatic carbocycles. The fraction of sp³-hybridized carbons (Fsp3) is 0.524. The van der Waals surface area contributed by atoms with Crippen LogP contribution in [0.2, 0.25) is 0 Å². The first kappa shape index (κ1) is 17.9. The molecule has 0 amide bonds. The van der Waals surface area contributed by atoms with Crippen molar-refractivity contribution in [2.45, 2.75) is 40.7 Å². The highest BCUT2D eigenvalue weighted by Gasteiger charge is 2.26. The fourth-order valence-corrected chi connectivity index (χ4v) is 4.16. The lowest BCUT2D eigenvalue weighted by Crippen LogP contribution is -2.38. The van der Waals surface area contributed by atoms with Gasteiger partial charge >= 0.3 is 5.97 Å². The molecule has 1 aromatic heterocycles. The number of carbonyl (C=O) groups excluding carboxylic acids is 1. The second-order valence-electron chi connectivity index (χ2n) is 7.44. The number of nitrogens with zero attached hydrogens (tertiary/aromatic N) is 2. The average molecular weight is 340 g/mol. The summed E-state index contributed by atoms with van der Waals surface area (Å²) in [6.45, 7) is 11.6.